The van der Waals surface area contributed by atoms with Crippen LogP contribution in [-0.2, 0) is 9.53 Å². The topological polar surface area (TPSA) is 156 Å². The van der Waals surface area contributed by atoms with Crippen molar-refractivity contribution in [3.05, 3.63) is 10.4 Å². The number of anilines is 3. The van der Waals surface area contributed by atoms with E-state index in [2.05, 4.69) is 15.3 Å². The summed E-state index contributed by atoms with van der Waals surface area (Å²) in [5.41, 5.74) is 9.83. The van der Waals surface area contributed by atoms with Crippen LogP contribution in [0.15, 0.2) is 4.79 Å². The third-order valence-electron chi connectivity index (χ3n) is 1.70. The Morgan fingerprint density at radius 1 is 1.53 bits per heavy atom. The van der Waals surface area contributed by atoms with Crippen LogP contribution in [0.5, 0.6) is 0 Å². The highest BCUT2D eigenvalue weighted by atomic mass is 16.5. The predicted molar refractivity (Wildman–Crippen MR) is 60.2 cm³/mol. The molecule has 1 heterocycles. The molecular formula is C8H13N5O4. The van der Waals surface area contributed by atoms with E-state index in [0.29, 0.717) is 0 Å². The van der Waals surface area contributed by atoms with Crippen molar-refractivity contribution in [2.75, 3.05) is 36.6 Å². The molecule has 0 aromatic carbocycles. The lowest BCUT2D eigenvalue weighted by Gasteiger charge is -2.07. The summed E-state index contributed by atoms with van der Waals surface area (Å²) in [6.07, 6.45) is 0. The number of carbonyl (C=O) groups excluding carboxylic acids is 1. The molecule has 0 saturated carbocycles. The summed E-state index contributed by atoms with van der Waals surface area (Å²) in [5, 5.41) is 10.7. The van der Waals surface area contributed by atoms with Gasteiger partial charge in [0.15, 0.2) is 5.82 Å². The van der Waals surface area contributed by atoms with Gasteiger partial charge in [-0.25, -0.2) is 0 Å². The van der Waals surface area contributed by atoms with Crippen LogP contribution in [-0.4, -0.2) is 40.8 Å². The average molecular weight is 243 g/mol. The molecule has 0 spiro atoms. The third-order valence-corrected chi connectivity index (χ3v) is 1.70. The lowest BCUT2D eigenvalue weighted by Crippen LogP contribution is -2.26. The van der Waals surface area contributed by atoms with Crippen molar-refractivity contribution in [2.24, 2.45) is 0 Å². The van der Waals surface area contributed by atoms with Crippen LogP contribution in [0.4, 0.5) is 17.5 Å². The first-order chi connectivity index (χ1) is 8.04. The van der Waals surface area contributed by atoms with Crippen molar-refractivity contribution in [1.82, 2.24) is 9.97 Å². The van der Waals surface area contributed by atoms with E-state index in [1.807, 2.05) is 0 Å². The summed E-state index contributed by atoms with van der Waals surface area (Å²) in [5.74, 6) is -0.897. The van der Waals surface area contributed by atoms with Crippen molar-refractivity contribution in [3.63, 3.8) is 0 Å². The molecule has 1 aromatic rings. The van der Waals surface area contributed by atoms with E-state index in [-0.39, 0.29) is 37.3 Å². The van der Waals surface area contributed by atoms with Gasteiger partial charge < -0.3 is 26.6 Å². The van der Waals surface area contributed by atoms with Gasteiger partial charge >= 0.3 is 0 Å². The Kier molecular flexibility index (Phi) is 4.43. The maximum atomic E-state index is 11.4. The minimum absolute atomic E-state index is 0.0270. The molecule has 0 radical (unpaired) electrons. The number of ether oxygens (including phenoxy) is 1. The quantitative estimate of drug-likeness (QED) is 0.370. The van der Waals surface area contributed by atoms with Gasteiger partial charge in [0.25, 0.3) is 11.5 Å². The number of aliphatic hydroxyl groups is 1. The Morgan fingerprint density at radius 2 is 2.24 bits per heavy atom. The van der Waals surface area contributed by atoms with Crippen molar-refractivity contribution in [3.8, 4) is 0 Å². The van der Waals surface area contributed by atoms with Crippen molar-refractivity contribution in [1.29, 1.82) is 0 Å². The first-order valence-corrected chi connectivity index (χ1v) is 4.68. The van der Waals surface area contributed by atoms with Gasteiger partial charge in [-0.2, -0.15) is 4.98 Å². The van der Waals surface area contributed by atoms with E-state index in [0.717, 1.165) is 0 Å². The number of H-pyrrole nitrogens is 1. The number of hydrogen-bond donors (Lipinski definition) is 5. The van der Waals surface area contributed by atoms with Gasteiger partial charge in [0.05, 0.1) is 13.2 Å². The lowest BCUT2D eigenvalue weighted by molar-refractivity contribution is -0.120. The highest BCUT2D eigenvalue weighted by Gasteiger charge is 2.11. The molecule has 0 atom stereocenters. The fraction of sp³-hybridized carbons (Fsp3) is 0.375. The number of carbonyl (C=O) groups is 1. The molecule has 1 aromatic heterocycles. The van der Waals surface area contributed by atoms with Gasteiger partial charge in [-0.1, -0.05) is 0 Å². The second kappa shape index (κ2) is 5.82. The highest BCUT2D eigenvalue weighted by Crippen LogP contribution is 2.08. The zero-order chi connectivity index (χ0) is 12.8. The van der Waals surface area contributed by atoms with Gasteiger partial charge in [0, 0.05) is 0 Å². The van der Waals surface area contributed by atoms with E-state index in [1.165, 1.54) is 0 Å². The summed E-state index contributed by atoms with van der Waals surface area (Å²) in [4.78, 5) is 28.4. The number of nitrogens with two attached hydrogens (primary N) is 2. The van der Waals surface area contributed by atoms with Crippen LogP contribution in [0.1, 0.15) is 0 Å². The van der Waals surface area contributed by atoms with Crippen molar-refractivity contribution >= 4 is 23.4 Å². The summed E-state index contributed by atoms with van der Waals surface area (Å²) in [6, 6.07) is 0. The first-order valence-electron chi connectivity index (χ1n) is 4.68. The lowest BCUT2D eigenvalue weighted by atomic mass is 10.4. The van der Waals surface area contributed by atoms with Crippen LogP contribution >= 0.6 is 0 Å². The first kappa shape index (κ1) is 12.9. The Bertz CT molecular complexity index is 458. The molecule has 0 saturated heterocycles. The highest BCUT2D eigenvalue weighted by molar-refractivity contribution is 5.93. The number of rotatable bonds is 5. The fourth-order valence-corrected chi connectivity index (χ4v) is 1.03. The summed E-state index contributed by atoms with van der Waals surface area (Å²) < 4.78 is 4.76. The molecule has 0 fully saturated rings. The number of nitrogen functional groups attached to an aromatic ring is 2. The molecule has 9 heteroatoms. The third kappa shape index (κ3) is 3.74. The number of hydrogen-bond acceptors (Lipinski definition) is 7. The van der Waals surface area contributed by atoms with Gasteiger partial charge in [-0.3, -0.25) is 14.6 Å². The summed E-state index contributed by atoms with van der Waals surface area (Å²) >= 11 is 0. The number of aromatic amines is 1. The second-order valence-electron chi connectivity index (χ2n) is 3.04. The Morgan fingerprint density at radius 3 is 2.82 bits per heavy atom. The van der Waals surface area contributed by atoms with E-state index in [4.69, 9.17) is 21.3 Å². The number of amides is 1. The van der Waals surface area contributed by atoms with E-state index >= 15 is 0 Å². The molecule has 0 aliphatic rings. The molecule has 0 unspecified atom stereocenters. The minimum Gasteiger partial charge on any atom is -0.394 e. The van der Waals surface area contributed by atoms with Gasteiger partial charge in [-0.05, 0) is 0 Å². The number of aliphatic hydroxyl groups excluding tert-OH is 1. The minimum atomic E-state index is -0.648. The molecular weight excluding hydrogens is 230 g/mol. The SMILES string of the molecule is Nc1nc(N)c(NC(=O)COCCO)c(=O)[nH]1. The van der Waals surface area contributed by atoms with E-state index in [9.17, 15) is 9.59 Å². The molecule has 94 valence electrons. The molecule has 1 amide bonds. The smallest absolute Gasteiger partial charge is 0.278 e. The molecule has 1 rings (SSSR count). The van der Waals surface area contributed by atoms with Crippen LogP contribution in [0, 0.1) is 0 Å². The van der Waals surface area contributed by atoms with Crippen LogP contribution in [0.3, 0.4) is 0 Å². The maximum Gasteiger partial charge on any atom is 0.278 e. The van der Waals surface area contributed by atoms with Crippen LogP contribution < -0.4 is 22.3 Å². The largest absolute Gasteiger partial charge is 0.394 e. The van der Waals surface area contributed by atoms with E-state index < -0.39 is 11.5 Å². The number of nitrogens with one attached hydrogen (secondary N) is 2. The second-order valence-corrected chi connectivity index (χ2v) is 3.04. The average Bonchev–Trinajstić information content (AvgIpc) is 2.24. The standard InChI is InChI=1S/C8H13N5O4/c9-6-5(7(16)13-8(10)12-6)11-4(15)3-17-2-1-14/h14H,1-3H2,(H,11,15)(H5,9,10,12,13,16). The molecule has 0 aliphatic heterocycles. The number of nitrogens with zero attached hydrogens (tertiary/aromatic N) is 1. The monoisotopic (exact) mass is 243 g/mol. The van der Waals surface area contributed by atoms with Crippen LogP contribution in [0.25, 0.3) is 0 Å². The molecule has 0 aliphatic carbocycles. The van der Waals surface area contributed by atoms with Crippen molar-refractivity contribution in [2.45, 2.75) is 0 Å². The van der Waals surface area contributed by atoms with Gasteiger partial charge in [0.2, 0.25) is 5.95 Å². The maximum absolute atomic E-state index is 11.4. The molecule has 0 bridgehead atoms. The Balaban J connectivity index is 2.69. The van der Waals surface area contributed by atoms with Gasteiger partial charge in [0.1, 0.15) is 12.3 Å². The zero-order valence-electron chi connectivity index (χ0n) is 8.90. The Labute approximate surface area is 95.8 Å². The normalized spacial score (nSPS) is 10.2. The number of aromatic nitrogens is 2. The Hall–Kier alpha value is -2.13. The molecule has 7 N–H and O–H groups in total. The zero-order valence-corrected chi connectivity index (χ0v) is 8.90. The predicted octanol–water partition coefficient (Wildman–Crippen LogP) is -2.12. The van der Waals surface area contributed by atoms with Crippen LogP contribution in [0.2, 0.25) is 0 Å². The summed E-state index contributed by atoms with van der Waals surface area (Å²) in [7, 11) is 0. The van der Waals surface area contributed by atoms with E-state index in [1.54, 1.807) is 0 Å². The molecule has 9 nitrogen and oxygen atoms in total. The van der Waals surface area contributed by atoms with Crippen molar-refractivity contribution < 1.29 is 14.6 Å². The molecule has 17 heavy (non-hydrogen) atoms. The van der Waals surface area contributed by atoms with Gasteiger partial charge in [-0.15, -0.1) is 0 Å². The fourth-order valence-electron chi connectivity index (χ4n) is 1.03. The summed E-state index contributed by atoms with van der Waals surface area (Å²) in [6.45, 7) is -0.470.